The van der Waals surface area contributed by atoms with Crippen molar-refractivity contribution < 1.29 is 0 Å². The molecule has 2 aromatic carbocycles. The lowest BCUT2D eigenvalue weighted by atomic mass is 10.3. The highest BCUT2D eigenvalue weighted by Gasteiger charge is 2.02. The molecule has 5 nitrogen and oxygen atoms in total. The number of aliphatic imine (C=N–C) groups is 1. The van der Waals surface area contributed by atoms with Crippen molar-refractivity contribution in [3.8, 4) is 0 Å². The van der Waals surface area contributed by atoms with E-state index in [1.807, 2.05) is 67.6 Å². The Morgan fingerprint density at radius 3 is 2.35 bits per heavy atom. The zero-order valence-corrected chi connectivity index (χ0v) is 13.4. The van der Waals surface area contributed by atoms with Gasteiger partial charge in [0.25, 0.3) is 5.95 Å². The number of para-hydroxylation sites is 2. The summed E-state index contributed by atoms with van der Waals surface area (Å²) in [6.45, 7) is 1.83. The molecule has 0 aliphatic heterocycles. The van der Waals surface area contributed by atoms with E-state index in [0.717, 1.165) is 11.4 Å². The molecule has 0 atom stereocenters. The third-order valence-electron chi connectivity index (χ3n) is 2.84. The molecule has 0 fully saturated rings. The maximum atomic E-state index is 4.54. The van der Waals surface area contributed by atoms with Crippen LogP contribution in [0.5, 0.6) is 0 Å². The molecule has 1 heterocycles. The van der Waals surface area contributed by atoms with Gasteiger partial charge in [-0.05, 0) is 31.2 Å². The maximum Gasteiger partial charge on any atom is 0.254 e. The smallest absolute Gasteiger partial charge is 0.254 e. The summed E-state index contributed by atoms with van der Waals surface area (Å²) >= 11 is 1.38. The predicted molar refractivity (Wildman–Crippen MR) is 95.1 cm³/mol. The largest absolute Gasteiger partial charge is 0.331 e. The molecular formula is C17H15N5S. The second-order valence-corrected chi connectivity index (χ2v) is 5.50. The van der Waals surface area contributed by atoms with Crippen LogP contribution < -0.4 is 10.1 Å². The minimum absolute atomic E-state index is 0.388. The summed E-state index contributed by atoms with van der Waals surface area (Å²) in [5.74, 6) is 0.388. The molecule has 0 radical (unpaired) electrons. The topological polar surface area (TPSA) is 62.5 Å². The lowest BCUT2D eigenvalue weighted by molar-refractivity contribution is 1.11. The molecule has 0 saturated heterocycles. The molecule has 6 heteroatoms. The molecule has 114 valence electrons. The van der Waals surface area contributed by atoms with Gasteiger partial charge in [-0.1, -0.05) is 47.7 Å². The van der Waals surface area contributed by atoms with Crippen LogP contribution in [0.2, 0.25) is 0 Å². The summed E-state index contributed by atoms with van der Waals surface area (Å²) in [5.41, 5.74) is 1.80. The van der Waals surface area contributed by atoms with Crippen LogP contribution in [0, 0.1) is 0 Å². The van der Waals surface area contributed by atoms with Gasteiger partial charge >= 0.3 is 0 Å². The van der Waals surface area contributed by atoms with Crippen LogP contribution in [0.3, 0.4) is 0 Å². The lowest BCUT2D eigenvalue weighted by Crippen LogP contribution is -2.06. The van der Waals surface area contributed by atoms with Crippen molar-refractivity contribution in [3.05, 3.63) is 65.5 Å². The Hall–Kier alpha value is -2.86. The minimum atomic E-state index is 0.388. The van der Waals surface area contributed by atoms with Crippen molar-refractivity contribution in [2.75, 3.05) is 5.32 Å². The van der Waals surface area contributed by atoms with Gasteiger partial charge in [0.1, 0.15) is 0 Å². The van der Waals surface area contributed by atoms with E-state index in [2.05, 4.69) is 25.3 Å². The van der Waals surface area contributed by atoms with Gasteiger partial charge in [0.05, 0.1) is 5.69 Å². The fourth-order valence-corrected chi connectivity index (χ4v) is 2.61. The van der Waals surface area contributed by atoms with Crippen molar-refractivity contribution >= 4 is 40.0 Å². The Morgan fingerprint density at radius 2 is 1.65 bits per heavy atom. The number of nitrogens with one attached hydrogen (secondary N) is 1. The van der Waals surface area contributed by atoms with E-state index in [9.17, 15) is 0 Å². The van der Waals surface area contributed by atoms with Crippen molar-refractivity contribution in [2.24, 2.45) is 9.98 Å². The molecule has 1 aromatic heterocycles. The molecule has 0 spiro atoms. The first-order chi connectivity index (χ1) is 11.3. The highest BCUT2D eigenvalue weighted by Crippen LogP contribution is 2.18. The van der Waals surface area contributed by atoms with Crippen molar-refractivity contribution in [1.82, 2.24) is 9.97 Å². The first-order valence-corrected chi connectivity index (χ1v) is 7.95. The predicted octanol–water partition coefficient (Wildman–Crippen LogP) is 4.24. The standard InChI is InChI=1S/C17H15N5S/c1-2-18-15-21-16(19-13-9-5-3-6-10-13)23-17(22-15)20-14-11-7-4-8-12-14/h2-12H,1H3,(H,19,20,21,22)/b18-2+. The van der Waals surface area contributed by atoms with Crippen LogP contribution in [0.1, 0.15) is 6.92 Å². The van der Waals surface area contributed by atoms with Crippen molar-refractivity contribution in [2.45, 2.75) is 6.92 Å². The van der Waals surface area contributed by atoms with Crippen molar-refractivity contribution in [3.63, 3.8) is 0 Å². The van der Waals surface area contributed by atoms with Gasteiger partial charge in [0.2, 0.25) is 4.80 Å². The van der Waals surface area contributed by atoms with E-state index >= 15 is 0 Å². The molecule has 0 unspecified atom stereocenters. The zero-order chi connectivity index (χ0) is 15.9. The van der Waals surface area contributed by atoms with E-state index in [4.69, 9.17) is 0 Å². The molecule has 0 aliphatic rings. The number of anilines is 2. The normalized spacial score (nSPS) is 11.8. The average Bonchev–Trinajstić information content (AvgIpc) is 2.57. The number of hydrogen-bond acceptors (Lipinski definition) is 6. The highest BCUT2D eigenvalue weighted by atomic mass is 32.1. The molecule has 23 heavy (non-hydrogen) atoms. The Bertz CT molecular complexity index is 857. The van der Waals surface area contributed by atoms with E-state index in [1.54, 1.807) is 6.21 Å². The summed E-state index contributed by atoms with van der Waals surface area (Å²) in [6, 6.07) is 19.6. The summed E-state index contributed by atoms with van der Waals surface area (Å²) in [5, 5.41) is 3.96. The van der Waals surface area contributed by atoms with Gasteiger partial charge in [-0.25, -0.2) is 9.98 Å². The highest BCUT2D eigenvalue weighted by molar-refractivity contribution is 7.12. The molecule has 0 amide bonds. The molecular weight excluding hydrogens is 306 g/mol. The monoisotopic (exact) mass is 321 g/mol. The number of rotatable bonds is 4. The number of benzene rings is 2. The lowest BCUT2D eigenvalue weighted by Gasteiger charge is -2.04. The SMILES string of the molecule is C/C=N/c1nc(Nc2ccccc2)sc(=Nc2ccccc2)n1. The quantitative estimate of drug-likeness (QED) is 0.731. The number of hydrogen-bond donors (Lipinski definition) is 1. The average molecular weight is 321 g/mol. The van der Waals surface area contributed by atoms with Gasteiger partial charge < -0.3 is 5.32 Å². The first kappa shape index (κ1) is 15.1. The summed E-state index contributed by atoms with van der Waals surface area (Å²) in [6.07, 6.45) is 1.67. The maximum absolute atomic E-state index is 4.54. The summed E-state index contributed by atoms with van der Waals surface area (Å²) < 4.78 is 0. The number of aromatic nitrogens is 2. The molecule has 3 aromatic rings. The third kappa shape index (κ3) is 4.31. The van der Waals surface area contributed by atoms with E-state index in [1.165, 1.54) is 11.3 Å². The van der Waals surface area contributed by atoms with Gasteiger partial charge in [-0.15, -0.1) is 0 Å². The molecule has 0 bridgehead atoms. The van der Waals surface area contributed by atoms with Crippen LogP contribution in [-0.2, 0) is 0 Å². The molecule has 0 saturated carbocycles. The van der Waals surface area contributed by atoms with Crippen LogP contribution in [0.25, 0.3) is 0 Å². The second kappa shape index (κ2) is 7.42. The van der Waals surface area contributed by atoms with Gasteiger partial charge in [-0.2, -0.15) is 9.97 Å². The van der Waals surface area contributed by atoms with Crippen LogP contribution in [-0.4, -0.2) is 16.2 Å². The first-order valence-electron chi connectivity index (χ1n) is 7.13. The Balaban J connectivity index is 2.01. The van der Waals surface area contributed by atoms with E-state index in [-0.39, 0.29) is 0 Å². The molecule has 1 N–H and O–H groups in total. The number of nitrogens with zero attached hydrogens (tertiary/aromatic N) is 4. The van der Waals surface area contributed by atoms with Crippen LogP contribution >= 0.6 is 11.3 Å². The van der Waals surface area contributed by atoms with Gasteiger partial charge in [0.15, 0.2) is 5.13 Å². The van der Waals surface area contributed by atoms with Crippen LogP contribution in [0.15, 0.2) is 70.6 Å². The second-order valence-electron chi connectivity index (χ2n) is 4.54. The van der Waals surface area contributed by atoms with Gasteiger partial charge in [-0.3, -0.25) is 0 Å². The summed E-state index contributed by atoms with van der Waals surface area (Å²) in [4.78, 5) is 18.1. The van der Waals surface area contributed by atoms with E-state index in [0.29, 0.717) is 15.9 Å². The van der Waals surface area contributed by atoms with E-state index < -0.39 is 0 Å². The van der Waals surface area contributed by atoms with Crippen LogP contribution in [0.4, 0.5) is 22.5 Å². The minimum Gasteiger partial charge on any atom is -0.331 e. The third-order valence-corrected chi connectivity index (χ3v) is 3.59. The Morgan fingerprint density at radius 1 is 0.957 bits per heavy atom. The summed E-state index contributed by atoms with van der Waals surface area (Å²) in [7, 11) is 0. The molecule has 0 aliphatic carbocycles. The van der Waals surface area contributed by atoms with Crippen molar-refractivity contribution in [1.29, 1.82) is 0 Å². The van der Waals surface area contributed by atoms with Gasteiger partial charge in [0, 0.05) is 11.9 Å². The Kier molecular flexibility index (Phi) is 4.85. The zero-order valence-electron chi connectivity index (χ0n) is 12.5. The fraction of sp³-hybridized carbons (Fsp3) is 0.0588. The Labute approximate surface area is 138 Å². The molecule has 3 rings (SSSR count). The fourth-order valence-electron chi connectivity index (χ4n) is 1.87.